The zero-order valence-corrected chi connectivity index (χ0v) is 11.8. The van der Waals surface area contributed by atoms with Crippen molar-refractivity contribution in [3.63, 3.8) is 0 Å². The monoisotopic (exact) mass is 298 g/mol. The van der Waals surface area contributed by atoms with Gasteiger partial charge in [0, 0.05) is 16.2 Å². The van der Waals surface area contributed by atoms with Crippen molar-refractivity contribution in [2.24, 2.45) is 0 Å². The maximum atomic E-state index is 11.5. The van der Waals surface area contributed by atoms with E-state index in [1.54, 1.807) is 29.9 Å². The Labute approximate surface area is 120 Å². The van der Waals surface area contributed by atoms with Crippen molar-refractivity contribution >= 4 is 29.2 Å². The van der Waals surface area contributed by atoms with Crippen LogP contribution in [0.2, 0.25) is 10.0 Å². The number of carbonyl (C=O) groups excluding carboxylic acids is 1. The third-order valence-electron chi connectivity index (χ3n) is 2.49. The smallest absolute Gasteiger partial charge is 0.341 e. The molecule has 1 heterocycles. The van der Waals surface area contributed by atoms with Crippen LogP contribution in [0.4, 0.5) is 0 Å². The third-order valence-corrected chi connectivity index (χ3v) is 3.08. The summed E-state index contributed by atoms with van der Waals surface area (Å²) in [6.45, 7) is 2.57. The number of hydrogen-bond donors (Lipinski definition) is 0. The zero-order chi connectivity index (χ0) is 13.8. The van der Waals surface area contributed by atoms with Crippen LogP contribution >= 0.6 is 23.2 Å². The Morgan fingerprint density at radius 2 is 2.21 bits per heavy atom. The molecule has 1 aromatic heterocycles. The molecule has 0 aliphatic rings. The molecule has 0 saturated heterocycles. The largest absolute Gasteiger partial charge is 0.462 e. The van der Waals surface area contributed by atoms with Crippen LogP contribution in [0.1, 0.15) is 22.8 Å². The molecule has 0 fully saturated rings. The molecule has 1 aromatic carbocycles. The van der Waals surface area contributed by atoms with Gasteiger partial charge < -0.3 is 4.74 Å². The molecule has 0 bridgehead atoms. The first-order valence-corrected chi connectivity index (χ1v) is 6.49. The van der Waals surface area contributed by atoms with Crippen molar-refractivity contribution in [1.82, 2.24) is 9.78 Å². The summed E-state index contributed by atoms with van der Waals surface area (Å²) in [6.07, 6.45) is 3.10. The molecule has 6 heteroatoms. The molecule has 2 rings (SSSR count). The Hall–Kier alpha value is -1.52. The highest BCUT2D eigenvalue weighted by atomic mass is 35.5. The first kappa shape index (κ1) is 13.9. The minimum atomic E-state index is -0.379. The van der Waals surface area contributed by atoms with Gasteiger partial charge in [0.15, 0.2) is 0 Å². The van der Waals surface area contributed by atoms with Gasteiger partial charge in [0.1, 0.15) is 0 Å². The van der Waals surface area contributed by atoms with E-state index in [0.717, 1.165) is 5.56 Å². The van der Waals surface area contributed by atoms with Crippen molar-refractivity contribution < 1.29 is 9.53 Å². The number of aromatic nitrogens is 2. The summed E-state index contributed by atoms with van der Waals surface area (Å²) in [5.41, 5.74) is 1.30. The summed E-state index contributed by atoms with van der Waals surface area (Å²) < 4.78 is 6.52. The lowest BCUT2D eigenvalue weighted by Gasteiger charge is -2.04. The molecular weight excluding hydrogens is 287 g/mol. The maximum absolute atomic E-state index is 11.5. The topological polar surface area (TPSA) is 44.1 Å². The first-order chi connectivity index (χ1) is 9.10. The highest BCUT2D eigenvalue weighted by Gasteiger charge is 2.10. The summed E-state index contributed by atoms with van der Waals surface area (Å²) >= 11 is 11.9. The van der Waals surface area contributed by atoms with Crippen LogP contribution in [0.5, 0.6) is 0 Å². The van der Waals surface area contributed by atoms with Crippen LogP contribution in [-0.2, 0) is 11.3 Å². The fourth-order valence-corrected chi connectivity index (χ4v) is 2.06. The molecular formula is C13H12Cl2N2O2. The van der Waals surface area contributed by atoms with E-state index in [1.807, 2.05) is 6.07 Å². The van der Waals surface area contributed by atoms with Crippen LogP contribution in [-0.4, -0.2) is 22.4 Å². The van der Waals surface area contributed by atoms with Gasteiger partial charge in [0.25, 0.3) is 0 Å². The van der Waals surface area contributed by atoms with Crippen LogP contribution in [0.3, 0.4) is 0 Å². The van der Waals surface area contributed by atoms with Gasteiger partial charge in [0.05, 0.1) is 24.9 Å². The fraction of sp³-hybridized carbons (Fsp3) is 0.231. The number of esters is 1. The van der Waals surface area contributed by atoms with Gasteiger partial charge >= 0.3 is 5.97 Å². The average Bonchev–Trinajstić information content (AvgIpc) is 2.82. The van der Waals surface area contributed by atoms with Crippen molar-refractivity contribution in [1.29, 1.82) is 0 Å². The molecule has 0 N–H and O–H groups in total. The van der Waals surface area contributed by atoms with Gasteiger partial charge in [-0.3, -0.25) is 4.68 Å². The van der Waals surface area contributed by atoms with Gasteiger partial charge in [-0.1, -0.05) is 29.3 Å². The van der Waals surface area contributed by atoms with Crippen LogP contribution in [0.25, 0.3) is 0 Å². The molecule has 0 spiro atoms. The second-order valence-corrected chi connectivity index (χ2v) is 4.73. The molecule has 0 atom stereocenters. The van der Waals surface area contributed by atoms with E-state index in [0.29, 0.717) is 28.8 Å². The van der Waals surface area contributed by atoms with Crippen LogP contribution < -0.4 is 0 Å². The van der Waals surface area contributed by atoms with Gasteiger partial charge in [-0.05, 0) is 24.6 Å². The van der Waals surface area contributed by atoms with Gasteiger partial charge in [-0.2, -0.15) is 5.10 Å². The first-order valence-electron chi connectivity index (χ1n) is 5.73. The molecule has 2 aromatic rings. The molecule has 0 aliphatic carbocycles. The number of benzene rings is 1. The van der Waals surface area contributed by atoms with Gasteiger partial charge in [-0.25, -0.2) is 4.79 Å². The highest BCUT2D eigenvalue weighted by molar-refractivity contribution is 6.35. The molecule has 4 nitrogen and oxygen atoms in total. The maximum Gasteiger partial charge on any atom is 0.341 e. The summed E-state index contributed by atoms with van der Waals surface area (Å²) in [7, 11) is 0. The second-order valence-electron chi connectivity index (χ2n) is 3.88. The van der Waals surface area contributed by atoms with Crippen molar-refractivity contribution in [3.05, 3.63) is 51.8 Å². The van der Waals surface area contributed by atoms with E-state index < -0.39 is 0 Å². The summed E-state index contributed by atoms with van der Waals surface area (Å²) in [4.78, 5) is 11.5. The predicted molar refractivity (Wildman–Crippen MR) is 73.7 cm³/mol. The van der Waals surface area contributed by atoms with Crippen molar-refractivity contribution in [2.75, 3.05) is 6.61 Å². The normalized spacial score (nSPS) is 10.5. The number of nitrogens with zero attached hydrogens (tertiary/aromatic N) is 2. The summed E-state index contributed by atoms with van der Waals surface area (Å²) in [6, 6.07) is 5.27. The van der Waals surface area contributed by atoms with Gasteiger partial charge in [-0.15, -0.1) is 0 Å². The standard InChI is InChI=1S/C13H12Cl2N2O2/c1-2-19-13(18)10-6-16-17(8-10)7-9-3-4-11(14)5-12(9)15/h3-6,8H,2,7H2,1H3. The Kier molecular flexibility index (Phi) is 4.45. The summed E-state index contributed by atoms with van der Waals surface area (Å²) in [5.74, 6) is -0.379. The number of rotatable bonds is 4. The number of halogens is 2. The molecule has 0 aliphatic heterocycles. The van der Waals surface area contributed by atoms with E-state index in [4.69, 9.17) is 27.9 Å². The predicted octanol–water partition coefficient (Wildman–Crippen LogP) is 3.41. The Bertz CT molecular complexity index is 596. The quantitative estimate of drug-likeness (QED) is 0.813. The number of carbonyl (C=O) groups is 1. The van der Waals surface area contributed by atoms with Crippen LogP contribution in [0.15, 0.2) is 30.6 Å². The summed E-state index contributed by atoms with van der Waals surface area (Å²) in [5, 5.41) is 5.26. The Balaban J connectivity index is 2.13. The van der Waals surface area contributed by atoms with Crippen LogP contribution in [0, 0.1) is 0 Å². The van der Waals surface area contributed by atoms with E-state index in [2.05, 4.69) is 5.10 Å². The SMILES string of the molecule is CCOC(=O)c1cnn(Cc2ccc(Cl)cc2Cl)c1. The fourth-order valence-electron chi connectivity index (χ4n) is 1.59. The van der Waals surface area contributed by atoms with E-state index in [1.165, 1.54) is 6.20 Å². The third kappa shape index (κ3) is 3.49. The molecule has 0 saturated carbocycles. The molecule has 19 heavy (non-hydrogen) atoms. The average molecular weight is 299 g/mol. The van der Waals surface area contributed by atoms with Gasteiger partial charge in [0.2, 0.25) is 0 Å². The zero-order valence-electron chi connectivity index (χ0n) is 10.3. The van der Waals surface area contributed by atoms with E-state index in [-0.39, 0.29) is 5.97 Å². The van der Waals surface area contributed by atoms with Crippen molar-refractivity contribution in [2.45, 2.75) is 13.5 Å². The molecule has 0 radical (unpaired) electrons. The number of ether oxygens (including phenoxy) is 1. The minimum Gasteiger partial charge on any atom is -0.462 e. The molecule has 100 valence electrons. The highest BCUT2D eigenvalue weighted by Crippen LogP contribution is 2.21. The Morgan fingerprint density at radius 3 is 2.89 bits per heavy atom. The number of hydrogen-bond acceptors (Lipinski definition) is 3. The second kappa shape index (κ2) is 6.08. The van der Waals surface area contributed by atoms with E-state index >= 15 is 0 Å². The van der Waals surface area contributed by atoms with Crippen molar-refractivity contribution in [3.8, 4) is 0 Å². The minimum absolute atomic E-state index is 0.340. The Morgan fingerprint density at radius 1 is 1.42 bits per heavy atom. The lowest BCUT2D eigenvalue weighted by molar-refractivity contribution is 0.0526. The lowest BCUT2D eigenvalue weighted by atomic mass is 10.2. The molecule has 0 amide bonds. The lowest BCUT2D eigenvalue weighted by Crippen LogP contribution is -2.04. The van der Waals surface area contributed by atoms with E-state index in [9.17, 15) is 4.79 Å². The molecule has 0 unspecified atom stereocenters.